The monoisotopic (exact) mass is 448 g/mol. The Morgan fingerprint density at radius 3 is 1.97 bits per heavy atom. The highest BCUT2D eigenvalue weighted by Crippen LogP contribution is 2.28. The minimum absolute atomic E-state index is 0.0151. The van der Waals surface area contributed by atoms with E-state index in [-0.39, 0.29) is 22.0 Å². The summed E-state index contributed by atoms with van der Waals surface area (Å²) in [7, 11) is -1.02. The zero-order chi connectivity index (χ0) is 22.7. The van der Waals surface area contributed by atoms with Crippen molar-refractivity contribution in [2.75, 3.05) is 14.2 Å². The number of methoxy groups -OCH3 is 2. The van der Waals surface area contributed by atoms with E-state index in [1.165, 1.54) is 32.5 Å². The number of imidazole rings is 1. The first-order chi connectivity index (χ1) is 15.4. The molecule has 0 amide bonds. The van der Waals surface area contributed by atoms with E-state index in [0.717, 1.165) is 3.97 Å². The lowest BCUT2D eigenvalue weighted by Gasteiger charge is -2.09. The van der Waals surface area contributed by atoms with Gasteiger partial charge in [-0.3, -0.25) is 4.79 Å². The van der Waals surface area contributed by atoms with Crippen molar-refractivity contribution < 1.29 is 22.7 Å². The van der Waals surface area contributed by atoms with Gasteiger partial charge in [0, 0.05) is 17.2 Å². The molecule has 32 heavy (non-hydrogen) atoms. The van der Waals surface area contributed by atoms with Crippen molar-refractivity contribution in [2.45, 2.75) is 4.90 Å². The minimum Gasteiger partial charge on any atom is -0.497 e. The van der Waals surface area contributed by atoms with Crippen LogP contribution in [0.4, 0.5) is 0 Å². The van der Waals surface area contributed by atoms with Crippen LogP contribution in [0.5, 0.6) is 11.5 Å². The molecule has 0 saturated heterocycles. The van der Waals surface area contributed by atoms with E-state index in [0.29, 0.717) is 17.1 Å². The lowest BCUT2D eigenvalue weighted by atomic mass is 10.1. The molecule has 0 atom stereocenters. The largest absolute Gasteiger partial charge is 0.497 e. The number of benzene rings is 3. The predicted molar refractivity (Wildman–Crippen MR) is 120 cm³/mol. The molecule has 162 valence electrons. The Bertz CT molecular complexity index is 1340. The van der Waals surface area contributed by atoms with Gasteiger partial charge >= 0.3 is 0 Å². The van der Waals surface area contributed by atoms with E-state index in [2.05, 4.69) is 4.98 Å². The highest BCUT2D eigenvalue weighted by Gasteiger charge is 2.26. The smallest absolute Gasteiger partial charge is 0.269 e. The molecule has 0 aliphatic heterocycles. The fourth-order valence-corrected chi connectivity index (χ4v) is 4.57. The normalized spacial score (nSPS) is 11.2. The van der Waals surface area contributed by atoms with Crippen LogP contribution in [0.25, 0.3) is 11.4 Å². The summed E-state index contributed by atoms with van der Waals surface area (Å²) in [5, 5.41) is 0. The van der Waals surface area contributed by atoms with E-state index in [9.17, 15) is 13.2 Å². The number of ether oxygens (including phenoxy) is 2. The van der Waals surface area contributed by atoms with Gasteiger partial charge in [-0.1, -0.05) is 48.5 Å². The van der Waals surface area contributed by atoms with Crippen molar-refractivity contribution in [3.05, 3.63) is 96.3 Å². The van der Waals surface area contributed by atoms with Crippen LogP contribution in [0.2, 0.25) is 0 Å². The molecule has 0 aliphatic rings. The van der Waals surface area contributed by atoms with E-state index in [1.807, 2.05) is 6.07 Å². The molecular formula is C24H20N2O5S. The molecule has 0 unspecified atom stereocenters. The standard InChI is InChI=1S/C24H20N2O5S/c1-30-19-13-18(14-20(15-19)31-2)23(27)22-16-26(24(25-22)17-9-5-3-6-10-17)32(28,29)21-11-7-4-8-12-21/h3-16H,1-2H3. The lowest BCUT2D eigenvalue weighted by molar-refractivity contribution is 0.103. The van der Waals surface area contributed by atoms with E-state index in [4.69, 9.17) is 9.47 Å². The van der Waals surface area contributed by atoms with Crippen LogP contribution < -0.4 is 9.47 Å². The summed E-state index contributed by atoms with van der Waals surface area (Å²) in [6.07, 6.45) is 1.25. The fraction of sp³-hybridized carbons (Fsp3) is 0.0833. The molecule has 0 radical (unpaired) electrons. The van der Waals surface area contributed by atoms with Crippen LogP contribution in [0.1, 0.15) is 16.1 Å². The van der Waals surface area contributed by atoms with Crippen LogP contribution >= 0.6 is 0 Å². The third kappa shape index (κ3) is 4.00. The molecule has 4 aromatic rings. The number of nitrogens with zero attached hydrogens (tertiary/aromatic N) is 2. The topological polar surface area (TPSA) is 87.5 Å². The maximum Gasteiger partial charge on any atom is 0.269 e. The molecule has 1 aromatic heterocycles. The first kappa shape index (κ1) is 21.3. The summed E-state index contributed by atoms with van der Waals surface area (Å²) in [6, 6.07) is 21.6. The fourth-order valence-electron chi connectivity index (χ4n) is 3.23. The van der Waals surface area contributed by atoms with Crippen LogP contribution in [-0.2, 0) is 10.0 Å². The zero-order valence-corrected chi connectivity index (χ0v) is 18.2. The average Bonchev–Trinajstić information content (AvgIpc) is 3.31. The van der Waals surface area contributed by atoms with Crippen molar-refractivity contribution in [1.29, 1.82) is 0 Å². The second-order valence-corrected chi connectivity index (χ2v) is 8.68. The van der Waals surface area contributed by atoms with Crippen molar-refractivity contribution in [2.24, 2.45) is 0 Å². The number of ketones is 1. The van der Waals surface area contributed by atoms with E-state index < -0.39 is 15.8 Å². The lowest BCUT2D eigenvalue weighted by Crippen LogP contribution is -2.13. The summed E-state index contributed by atoms with van der Waals surface area (Å²) in [5.41, 5.74) is 0.815. The third-order valence-electron chi connectivity index (χ3n) is 4.85. The Hall–Kier alpha value is -3.91. The first-order valence-corrected chi connectivity index (χ1v) is 11.1. The van der Waals surface area contributed by atoms with Crippen molar-refractivity contribution in [1.82, 2.24) is 8.96 Å². The van der Waals surface area contributed by atoms with Gasteiger partial charge in [0.25, 0.3) is 10.0 Å². The van der Waals surface area contributed by atoms with Crippen molar-refractivity contribution >= 4 is 15.8 Å². The summed E-state index contributed by atoms with van der Waals surface area (Å²) in [5.74, 6) is 0.564. The number of carbonyl (C=O) groups is 1. The molecule has 0 saturated carbocycles. The van der Waals surface area contributed by atoms with Gasteiger partial charge in [0.2, 0.25) is 5.78 Å². The van der Waals surface area contributed by atoms with Gasteiger partial charge in [-0.15, -0.1) is 0 Å². The summed E-state index contributed by atoms with van der Waals surface area (Å²) in [6.45, 7) is 0. The van der Waals surface area contributed by atoms with Crippen LogP contribution in [0.3, 0.4) is 0 Å². The molecule has 0 fully saturated rings. The molecule has 7 nitrogen and oxygen atoms in total. The number of carbonyl (C=O) groups excluding carboxylic acids is 1. The molecule has 8 heteroatoms. The SMILES string of the molecule is COc1cc(OC)cc(C(=O)c2cn(S(=O)(=O)c3ccccc3)c(-c3ccccc3)n2)c1. The number of hydrogen-bond donors (Lipinski definition) is 0. The van der Waals surface area contributed by atoms with Crippen LogP contribution in [-0.4, -0.2) is 37.4 Å². The Morgan fingerprint density at radius 2 is 1.41 bits per heavy atom. The number of hydrogen-bond acceptors (Lipinski definition) is 6. The second kappa shape index (κ2) is 8.68. The minimum atomic E-state index is -3.99. The average molecular weight is 449 g/mol. The molecular weight excluding hydrogens is 428 g/mol. The molecule has 0 bridgehead atoms. The highest BCUT2D eigenvalue weighted by molar-refractivity contribution is 7.90. The second-order valence-electron chi connectivity index (χ2n) is 6.86. The molecule has 0 spiro atoms. The molecule has 4 rings (SSSR count). The number of aromatic nitrogens is 2. The predicted octanol–water partition coefficient (Wildman–Crippen LogP) is 4.04. The summed E-state index contributed by atoms with van der Waals surface area (Å²) in [4.78, 5) is 17.8. The maximum atomic E-state index is 13.4. The van der Waals surface area contributed by atoms with Gasteiger partial charge in [-0.25, -0.2) is 17.4 Å². The highest BCUT2D eigenvalue weighted by atomic mass is 32.2. The maximum absolute atomic E-state index is 13.4. The van der Waals surface area contributed by atoms with Gasteiger partial charge in [-0.05, 0) is 24.3 Å². The zero-order valence-electron chi connectivity index (χ0n) is 17.4. The Labute approximate surface area is 185 Å². The van der Waals surface area contributed by atoms with Crippen LogP contribution in [0, 0.1) is 0 Å². The van der Waals surface area contributed by atoms with Crippen LogP contribution in [0.15, 0.2) is 90.0 Å². The molecule has 1 heterocycles. The third-order valence-corrected chi connectivity index (χ3v) is 6.52. The van der Waals surface area contributed by atoms with Gasteiger partial charge in [0.1, 0.15) is 17.2 Å². The van der Waals surface area contributed by atoms with E-state index in [1.54, 1.807) is 60.7 Å². The Balaban J connectivity index is 1.88. The molecule has 0 N–H and O–H groups in total. The van der Waals surface area contributed by atoms with E-state index >= 15 is 0 Å². The first-order valence-electron chi connectivity index (χ1n) is 9.67. The van der Waals surface area contributed by atoms with Gasteiger partial charge in [-0.2, -0.15) is 0 Å². The Morgan fingerprint density at radius 1 is 0.844 bits per heavy atom. The molecule has 0 aliphatic carbocycles. The molecule has 3 aromatic carbocycles. The quantitative estimate of drug-likeness (QED) is 0.397. The van der Waals surface area contributed by atoms with Gasteiger partial charge in [0.05, 0.1) is 25.3 Å². The van der Waals surface area contributed by atoms with Gasteiger partial charge < -0.3 is 9.47 Å². The van der Waals surface area contributed by atoms with Crippen molar-refractivity contribution in [3.8, 4) is 22.9 Å². The van der Waals surface area contributed by atoms with Gasteiger partial charge in [0.15, 0.2) is 5.82 Å². The summed E-state index contributed by atoms with van der Waals surface area (Å²) >= 11 is 0. The number of rotatable bonds is 7. The summed E-state index contributed by atoms with van der Waals surface area (Å²) < 4.78 is 38.3. The Kier molecular flexibility index (Phi) is 5.79. The van der Waals surface area contributed by atoms with Crippen molar-refractivity contribution in [3.63, 3.8) is 0 Å².